The van der Waals surface area contributed by atoms with Crippen LogP contribution < -0.4 is 4.72 Å². The number of nitrogens with one attached hydrogen (secondary N) is 1. The molecule has 0 aliphatic carbocycles. The van der Waals surface area contributed by atoms with Gasteiger partial charge in [0.2, 0.25) is 10.0 Å². The third-order valence-corrected chi connectivity index (χ3v) is 4.85. The van der Waals surface area contributed by atoms with Crippen molar-refractivity contribution in [2.75, 3.05) is 0 Å². The Morgan fingerprint density at radius 3 is 2.18 bits per heavy atom. The van der Waals surface area contributed by atoms with E-state index in [9.17, 15) is 13.2 Å². The van der Waals surface area contributed by atoms with Crippen molar-refractivity contribution >= 4 is 15.8 Å². The molecule has 0 aliphatic rings. The molecule has 2 aromatic rings. The van der Waals surface area contributed by atoms with E-state index in [1.165, 1.54) is 12.1 Å². The molecule has 0 heterocycles. The minimum atomic E-state index is -3.75. The second-order valence-corrected chi connectivity index (χ2v) is 6.81. The zero-order valence-corrected chi connectivity index (χ0v) is 13.4. The summed E-state index contributed by atoms with van der Waals surface area (Å²) in [6, 6.07) is 14.6. The van der Waals surface area contributed by atoms with Crippen LogP contribution in [-0.2, 0) is 14.8 Å². The van der Waals surface area contributed by atoms with Crippen molar-refractivity contribution in [1.29, 1.82) is 0 Å². The van der Waals surface area contributed by atoms with Gasteiger partial charge in [-0.3, -0.25) is 4.79 Å². The Kier molecular flexibility index (Phi) is 5.11. The van der Waals surface area contributed by atoms with Gasteiger partial charge in [0, 0.05) is 6.42 Å². The van der Waals surface area contributed by atoms with Gasteiger partial charge in [-0.1, -0.05) is 55.0 Å². The Bertz CT molecular complexity index is 737. The highest BCUT2D eigenvalue weighted by molar-refractivity contribution is 7.89. The smallest absolute Gasteiger partial charge is 0.241 e. The van der Waals surface area contributed by atoms with Crippen LogP contribution in [0.25, 0.3) is 0 Å². The predicted molar refractivity (Wildman–Crippen MR) is 86.0 cm³/mol. The summed E-state index contributed by atoms with van der Waals surface area (Å²) in [5.41, 5.74) is 1.62. The van der Waals surface area contributed by atoms with Gasteiger partial charge in [-0.25, -0.2) is 8.42 Å². The molecule has 0 aliphatic heterocycles. The van der Waals surface area contributed by atoms with Gasteiger partial charge in [-0.05, 0) is 24.6 Å². The van der Waals surface area contributed by atoms with E-state index in [1.54, 1.807) is 43.3 Å². The molecule has 2 aromatic carbocycles. The number of aryl methyl sites for hydroxylation is 1. The van der Waals surface area contributed by atoms with Crippen molar-refractivity contribution < 1.29 is 13.2 Å². The molecule has 0 amide bonds. The maximum absolute atomic E-state index is 12.5. The molecule has 4 nitrogen and oxygen atoms in total. The first-order valence-electron chi connectivity index (χ1n) is 7.10. The van der Waals surface area contributed by atoms with E-state index in [-0.39, 0.29) is 17.1 Å². The maximum atomic E-state index is 12.5. The lowest BCUT2D eigenvalue weighted by Gasteiger charge is -2.17. The van der Waals surface area contributed by atoms with Crippen LogP contribution >= 0.6 is 0 Å². The largest absolute Gasteiger partial charge is 0.298 e. The summed E-state index contributed by atoms with van der Waals surface area (Å²) in [5, 5.41) is 0. The van der Waals surface area contributed by atoms with Gasteiger partial charge < -0.3 is 0 Å². The molecule has 22 heavy (non-hydrogen) atoms. The van der Waals surface area contributed by atoms with Gasteiger partial charge in [0.05, 0.1) is 4.90 Å². The number of carbonyl (C=O) groups excluding carboxylic acids is 1. The molecule has 0 spiro atoms. The standard InChI is InChI=1S/C17H19NO3S/c1-3-16(19)17(14-7-5-4-6-8-14)18-22(20,21)15-11-9-13(2)10-12-15/h4-12,17-18H,3H2,1-2H3. The number of sulfonamides is 1. The average Bonchev–Trinajstić information content (AvgIpc) is 2.53. The summed E-state index contributed by atoms with van der Waals surface area (Å²) in [6.45, 7) is 3.61. The maximum Gasteiger partial charge on any atom is 0.241 e. The number of ketones is 1. The Morgan fingerprint density at radius 2 is 1.64 bits per heavy atom. The van der Waals surface area contributed by atoms with Crippen molar-refractivity contribution in [2.24, 2.45) is 0 Å². The molecule has 0 saturated carbocycles. The fourth-order valence-corrected chi connectivity index (χ4v) is 3.32. The summed E-state index contributed by atoms with van der Waals surface area (Å²) in [5.74, 6) is -0.165. The molecule has 0 radical (unpaired) electrons. The summed E-state index contributed by atoms with van der Waals surface area (Å²) < 4.78 is 27.5. The van der Waals surface area contributed by atoms with Crippen LogP contribution in [0.4, 0.5) is 0 Å². The van der Waals surface area contributed by atoms with Crippen LogP contribution in [0.5, 0.6) is 0 Å². The van der Waals surface area contributed by atoms with Crippen molar-refractivity contribution in [3.63, 3.8) is 0 Å². The van der Waals surface area contributed by atoms with Gasteiger partial charge in [0.15, 0.2) is 5.78 Å². The molecule has 0 fully saturated rings. The average molecular weight is 317 g/mol. The Balaban J connectivity index is 2.34. The molecular formula is C17H19NO3S. The summed E-state index contributed by atoms with van der Waals surface area (Å²) in [4.78, 5) is 12.3. The SMILES string of the molecule is CCC(=O)C(NS(=O)(=O)c1ccc(C)cc1)c1ccccc1. The topological polar surface area (TPSA) is 63.2 Å². The second kappa shape index (κ2) is 6.85. The minimum Gasteiger partial charge on any atom is -0.298 e. The van der Waals surface area contributed by atoms with Gasteiger partial charge in [0.25, 0.3) is 0 Å². The normalized spacial score (nSPS) is 12.8. The number of hydrogen-bond donors (Lipinski definition) is 1. The van der Waals surface area contributed by atoms with E-state index in [0.717, 1.165) is 5.56 Å². The van der Waals surface area contributed by atoms with E-state index in [4.69, 9.17) is 0 Å². The quantitative estimate of drug-likeness (QED) is 0.891. The molecule has 0 bridgehead atoms. The fourth-order valence-electron chi connectivity index (χ4n) is 2.11. The lowest BCUT2D eigenvalue weighted by atomic mass is 10.0. The van der Waals surface area contributed by atoms with E-state index >= 15 is 0 Å². The summed E-state index contributed by atoms with van der Waals surface area (Å²) in [7, 11) is -3.75. The van der Waals surface area contributed by atoms with Gasteiger partial charge in [-0.15, -0.1) is 0 Å². The van der Waals surface area contributed by atoms with E-state index < -0.39 is 16.1 Å². The first-order valence-corrected chi connectivity index (χ1v) is 8.59. The molecule has 1 atom stereocenters. The number of hydrogen-bond acceptors (Lipinski definition) is 3. The van der Waals surface area contributed by atoms with Crippen molar-refractivity contribution in [1.82, 2.24) is 4.72 Å². The molecule has 0 saturated heterocycles. The fraction of sp³-hybridized carbons (Fsp3) is 0.235. The number of carbonyl (C=O) groups is 1. The summed E-state index contributed by atoms with van der Waals surface area (Å²) in [6.07, 6.45) is 0.260. The molecule has 5 heteroatoms. The zero-order valence-electron chi connectivity index (χ0n) is 12.6. The molecule has 1 unspecified atom stereocenters. The van der Waals surface area contributed by atoms with E-state index in [0.29, 0.717) is 5.56 Å². The number of Topliss-reactive ketones (excluding diaryl/α,β-unsaturated/α-hetero) is 1. The second-order valence-electron chi connectivity index (χ2n) is 5.10. The van der Waals surface area contributed by atoms with Crippen LogP contribution in [-0.4, -0.2) is 14.2 Å². The lowest BCUT2D eigenvalue weighted by Crippen LogP contribution is -2.33. The Hall–Kier alpha value is -1.98. The van der Waals surface area contributed by atoms with Gasteiger partial charge >= 0.3 is 0 Å². The lowest BCUT2D eigenvalue weighted by molar-refractivity contribution is -0.120. The monoisotopic (exact) mass is 317 g/mol. The van der Waals surface area contributed by atoms with Crippen LogP contribution in [0.1, 0.15) is 30.5 Å². The molecular weight excluding hydrogens is 298 g/mol. The van der Waals surface area contributed by atoms with Crippen LogP contribution in [0.15, 0.2) is 59.5 Å². The van der Waals surface area contributed by atoms with E-state index in [2.05, 4.69) is 4.72 Å². The van der Waals surface area contributed by atoms with Crippen molar-refractivity contribution in [3.05, 3.63) is 65.7 Å². The number of rotatable bonds is 6. The highest BCUT2D eigenvalue weighted by Crippen LogP contribution is 2.19. The Labute approximate surface area is 131 Å². The van der Waals surface area contributed by atoms with Gasteiger partial charge in [-0.2, -0.15) is 4.72 Å². The molecule has 0 aromatic heterocycles. The molecule has 116 valence electrons. The molecule has 2 rings (SSSR count). The first kappa shape index (κ1) is 16.4. The Morgan fingerprint density at radius 1 is 1.05 bits per heavy atom. The predicted octanol–water partition coefficient (Wildman–Crippen LogP) is 2.99. The van der Waals surface area contributed by atoms with Gasteiger partial charge in [0.1, 0.15) is 6.04 Å². The van der Waals surface area contributed by atoms with Crippen molar-refractivity contribution in [3.8, 4) is 0 Å². The summed E-state index contributed by atoms with van der Waals surface area (Å²) >= 11 is 0. The van der Waals surface area contributed by atoms with Crippen LogP contribution in [0, 0.1) is 6.92 Å². The van der Waals surface area contributed by atoms with E-state index in [1.807, 2.05) is 13.0 Å². The zero-order chi connectivity index (χ0) is 16.2. The third kappa shape index (κ3) is 3.81. The third-order valence-electron chi connectivity index (χ3n) is 3.41. The first-order chi connectivity index (χ1) is 10.4. The molecule has 1 N–H and O–H groups in total. The van der Waals surface area contributed by atoms with Crippen LogP contribution in [0.3, 0.4) is 0 Å². The number of benzene rings is 2. The van der Waals surface area contributed by atoms with Crippen LogP contribution in [0.2, 0.25) is 0 Å². The minimum absolute atomic E-state index is 0.155. The highest BCUT2D eigenvalue weighted by Gasteiger charge is 2.25. The van der Waals surface area contributed by atoms with Crippen molar-refractivity contribution in [2.45, 2.75) is 31.2 Å². The highest BCUT2D eigenvalue weighted by atomic mass is 32.2.